The number of ether oxygens (including phenoxy) is 2. The fraction of sp³-hybridized carbons (Fsp3) is 0.944. The molecule has 0 aliphatic carbocycles. The van der Waals surface area contributed by atoms with E-state index in [1.807, 2.05) is 0 Å². The Labute approximate surface area is 139 Å². The van der Waals surface area contributed by atoms with Crippen LogP contribution in [-0.4, -0.2) is 37.0 Å². The highest BCUT2D eigenvalue weighted by Gasteiger charge is 2.48. The molecular formula is C18H32O5. The molecule has 0 unspecified atom stereocenters. The van der Waals surface area contributed by atoms with Gasteiger partial charge in [-0.15, -0.1) is 0 Å². The molecule has 2 fully saturated rings. The lowest BCUT2D eigenvalue weighted by Gasteiger charge is -2.42. The van der Waals surface area contributed by atoms with Gasteiger partial charge in [-0.3, -0.25) is 4.79 Å². The summed E-state index contributed by atoms with van der Waals surface area (Å²) in [6.45, 7) is 8.64. The second-order valence-electron chi connectivity index (χ2n) is 7.24. The van der Waals surface area contributed by atoms with Gasteiger partial charge in [0.2, 0.25) is 0 Å². The van der Waals surface area contributed by atoms with Crippen LogP contribution >= 0.6 is 0 Å². The summed E-state index contributed by atoms with van der Waals surface area (Å²) in [6, 6.07) is 0. The number of carbonyl (C=O) groups excluding carboxylic acids is 1. The average Bonchev–Trinajstić information content (AvgIpc) is 3.34. The molecule has 0 spiro atoms. The predicted octanol–water partition coefficient (Wildman–Crippen LogP) is 3.65. The molecule has 0 bridgehead atoms. The topological polar surface area (TPSA) is 57.3 Å². The first-order valence-electron chi connectivity index (χ1n) is 9.03. The first-order chi connectivity index (χ1) is 11.0. The van der Waals surface area contributed by atoms with Gasteiger partial charge in [-0.1, -0.05) is 33.6 Å². The summed E-state index contributed by atoms with van der Waals surface area (Å²) in [5, 5.41) is 0. The first-order valence-corrected chi connectivity index (χ1v) is 9.03. The summed E-state index contributed by atoms with van der Waals surface area (Å²) in [6.07, 6.45) is 5.82. The molecule has 134 valence electrons. The molecule has 0 amide bonds. The Morgan fingerprint density at radius 3 is 2.52 bits per heavy atom. The van der Waals surface area contributed by atoms with E-state index in [4.69, 9.17) is 19.2 Å². The van der Waals surface area contributed by atoms with Crippen molar-refractivity contribution in [1.82, 2.24) is 0 Å². The molecule has 0 saturated carbocycles. The Kier molecular flexibility index (Phi) is 6.46. The van der Waals surface area contributed by atoms with Gasteiger partial charge in [0.05, 0.1) is 25.7 Å². The highest BCUT2D eigenvalue weighted by atomic mass is 17.2. The summed E-state index contributed by atoms with van der Waals surface area (Å²) in [7, 11) is 1.41. The summed E-state index contributed by atoms with van der Waals surface area (Å²) in [5.41, 5.74) is -0.307. The molecule has 0 aromatic heterocycles. The maximum absolute atomic E-state index is 11.5. The van der Waals surface area contributed by atoms with E-state index in [2.05, 4.69) is 27.7 Å². The van der Waals surface area contributed by atoms with Crippen LogP contribution in [0.25, 0.3) is 0 Å². The van der Waals surface area contributed by atoms with Crippen LogP contribution in [0.4, 0.5) is 0 Å². The fourth-order valence-electron chi connectivity index (χ4n) is 3.90. The maximum Gasteiger partial charge on any atom is 0.308 e. The van der Waals surface area contributed by atoms with E-state index in [-0.39, 0.29) is 24.1 Å². The summed E-state index contributed by atoms with van der Waals surface area (Å²) in [4.78, 5) is 22.9. The van der Waals surface area contributed by atoms with Crippen molar-refractivity contribution in [2.45, 2.75) is 90.1 Å². The molecule has 0 aromatic carbocycles. The molecule has 2 rings (SSSR count). The van der Waals surface area contributed by atoms with E-state index in [1.54, 1.807) is 0 Å². The number of hydrogen-bond donors (Lipinski definition) is 0. The summed E-state index contributed by atoms with van der Waals surface area (Å²) in [5.74, 6) is 0.569. The van der Waals surface area contributed by atoms with Crippen LogP contribution in [0.2, 0.25) is 0 Å². The molecule has 0 aromatic rings. The zero-order valence-electron chi connectivity index (χ0n) is 15.2. The van der Waals surface area contributed by atoms with Crippen molar-refractivity contribution in [1.29, 1.82) is 0 Å². The highest BCUT2D eigenvalue weighted by Crippen LogP contribution is 2.43. The lowest BCUT2D eigenvalue weighted by atomic mass is 9.78. The van der Waals surface area contributed by atoms with Gasteiger partial charge in [0, 0.05) is 0 Å². The number of epoxide rings is 1. The van der Waals surface area contributed by atoms with Crippen LogP contribution in [0, 0.1) is 11.8 Å². The second kappa shape index (κ2) is 7.95. The third kappa shape index (κ3) is 4.68. The molecule has 2 saturated heterocycles. The summed E-state index contributed by atoms with van der Waals surface area (Å²) < 4.78 is 10.5. The molecule has 5 heteroatoms. The number of methoxy groups -OCH3 is 1. The SMILES string of the molecule is CC[C@H](C[C@@]1(C)C[C@@H](CC)[C@@H](CC(=O)OC)OO1)[C@H]1O[C@@H]1CC. The van der Waals surface area contributed by atoms with Gasteiger partial charge in [0.1, 0.15) is 11.7 Å². The molecule has 2 heterocycles. The van der Waals surface area contributed by atoms with Gasteiger partial charge < -0.3 is 9.47 Å². The van der Waals surface area contributed by atoms with Crippen molar-refractivity contribution in [2.75, 3.05) is 7.11 Å². The Morgan fingerprint density at radius 1 is 1.26 bits per heavy atom. The molecule has 0 N–H and O–H groups in total. The Hall–Kier alpha value is -0.650. The predicted molar refractivity (Wildman–Crippen MR) is 86.7 cm³/mol. The number of rotatable bonds is 8. The van der Waals surface area contributed by atoms with E-state index in [1.165, 1.54) is 7.11 Å². The van der Waals surface area contributed by atoms with Gasteiger partial charge >= 0.3 is 5.97 Å². The van der Waals surface area contributed by atoms with Crippen molar-refractivity contribution in [2.24, 2.45) is 11.8 Å². The van der Waals surface area contributed by atoms with Crippen LogP contribution in [-0.2, 0) is 24.0 Å². The molecule has 2 aliphatic rings. The van der Waals surface area contributed by atoms with Crippen molar-refractivity contribution in [3.8, 4) is 0 Å². The lowest BCUT2D eigenvalue weighted by molar-refractivity contribution is -0.419. The third-order valence-corrected chi connectivity index (χ3v) is 5.42. The van der Waals surface area contributed by atoms with Gasteiger partial charge in [0.25, 0.3) is 0 Å². The van der Waals surface area contributed by atoms with Gasteiger partial charge in [0.15, 0.2) is 0 Å². The normalized spacial score (nSPS) is 38.1. The maximum atomic E-state index is 11.5. The summed E-state index contributed by atoms with van der Waals surface area (Å²) >= 11 is 0. The molecule has 0 radical (unpaired) electrons. The number of esters is 1. The van der Waals surface area contributed by atoms with E-state index in [0.717, 1.165) is 32.1 Å². The Balaban J connectivity index is 1.93. The van der Waals surface area contributed by atoms with Crippen molar-refractivity contribution >= 4 is 5.97 Å². The molecule has 23 heavy (non-hydrogen) atoms. The Bertz CT molecular complexity index is 399. The van der Waals surface area contributed by atoms with Crippen LogP contribution in [0.3, 0.4) is 0 Å². The third-order valence-electron chi connectivity index (χ3n) is 5.42. The van der Waals surface area contributed by atoms with Crippen LogP contribution in [0.1, 0.15) is 66.2 Å². The van der Waals surface area contributed by atoms with Gasteiger partial charge in [-0.2, -0.15) is 0 Å². The first kappa shape index (κ1) is 18.7. The van der Waals surface area contributed by atoms with Gasteiger partial charge in [-0.25, -0.2) is 9.78 Å². The standard InChI is InChI=1S/C18H32O5/c1-6-12-10-18(4,23-22-15(12)9-16(19)20-5)11-13(7-2)17-14(8-3)21-17/h12-15,17H,6-11H2,1-5H3/t12-,13-,14-,15-,17-,18-/m1/s1. The van der Waals surface area contributed by atoms with Crippen molar-refractivity contribution in [3.05, 3.63) is 0 Å². The number of hydrogen-bond acceptors (Lipinski definition) is 5. The van der Waals surface area contributed by atoms with Crippen molar-refractivity contribution in [3.63, 3.8) is 0 Å². The van der Waals surface area contributed by atoms with Gasteiger partial charge in [-0.05, 0) is 38.0 Å². The van der Waals surface area contributed by atoms with E-state index in [0.29, 0.717) is 24.0 Å². The van der Waals surface area contributed by atoms with Crippen LogP contribution in [0.5, 0.6) is 0 Å². The molecular weight excluding hydrogens is 296 g/mol. The Morgan fingerprint density at radius 2 is 2.00 bits per heavy atom. The van der Waals surface area contributed by atoms with E-state index in [9.17, 15) is 4.79 Å². The fourth-order valence-corrected chi connectivity index (χ4v) is 3.90. The monoisotopic (exact) mass is 328 g/mol. The quantitative estimate of drug-likeness (QED) is 0.387. The molecule has 6 atom stereocenters. The van der Waals surface area contributed by atoms with Crippen molar-refractivity contribution < 1.29 is 24.0 Å². The number of carbonyl (C=O) groups is 1. The molecule has 2 aliphatic heterocycles. The highest BCUT2D eigenvalue weighted by molar-refractivity contribution is 5.69. The minimum absolute atomic E-state index is 0.207. The largest absolute Gasteiger partial charge is 0.469 e. The zero-order valence-corrected chi connectivity index (χ0v) is 15.2. The van der Waals surface area contributed by atoms with Crippen LogP contribution in [0.15, 0.2) is 0 Å². The zero-order chi connectivity index (χ0) is 17.0. The second-order valence-corrected chi connectivity index (χ2v) is 7.24. The minimum Gasteiger partial charge on any atom is -0.469 e. The molecule has 5 nitrogen and oxygen atoms in total. The van der Waals surface area contributed by atoms with E-state index >= 15 is 0 Å². The van der Waals surface area contributed by atoms with E-state index < -0.39 is 0 Å². The lowest BCUT2D eigenvalue weighted by Crippen LogP contribution is -2.45. The van der Waals surface area contributed by atoms with Crippen LogP contribution < -0.4 is 0 Å². The minimum atomic E-state index is -0.307. The average molecular weight is 328 g/mol. The smallest absolute Gasteiger partial charge is 0.308 e.